The Balaban J connectivity index is 2.59. The second kappa shape index (κ2) is 7.63. The zero-order chi connectivity index (χ0) is 15.2. The molecule has 20 heavy (non-hydrogen) atoms. The molecule has 1 rings (SSSR count). The summed E-state index contributed by atoms with van der Waals surface area (Å²) in [5.74, 6) is 0.410. The van der Waals surface area contributed by atoms with E-state index in [-0.39, 0.29) is 17.3 Å². The maximum absolute atomic E-state index is 14.1. The molecule has 0 aliphatic heterocycles. The van der Waals surface area contributed by atoms with E-state index in [1.54, 1.807) is 0 Å². The number of rotatable bonds is 7. The van der Waals surface area contributed by atoms with Crippen LogP contribution < -0.4 is 10.1 Å². The van der Waals surface area contributed by atoms with Gasteiger partial charge in [-0.05, 0) is 37.8 Å². The molecule has 0 aliphatic rings. The van der Waals surface area contributed by atoms with Crippen LogP contribution in [0.15, 0.2) is 18.2 Å². The van der Waals surface area contributed by atoms with Crippen molar-refractivity contribution in [3.63, 3.8) is 0 Å². The molecule has 0 saturated heterocycles. The van der Waals surface area contributed by atoms with Gasteiger partial charge in [0.1, 0.15) is 11.6 Å². The predicted octanol–water partition coefficient (Wildman–Crippen LogP) is 4.70. The van der Waals surface area contributed by atoms with Crippen LogP contribution in [-0.4, -0.2) is 13.2 Å². The van der Waals surface area contributed by atoms with Gasteiger partial charge in [-0.15, -0.1) is 0 Å². The minimum Gasteiger partial charge on any atom is -0.493 e. The summed E-state index contributed by atoms with van der Waals surface area (Å²) in [5, 5.41) is 3.29. The Bertz CT molecular complexity index is 412. The molecule has 1 aromatic rings. The summed E-state index contributed by atoms with van der Waals surface area (Å²) in [6.07, 6.45) is 1.99. The summed E-state index contributed by atoms with van der Waals surface area (Å²) in [6, 6.07) is 5.18. The third kappa shape index (κ3) is 5.91. The van der Waals surface area contributed by atoms with Crippen LogP contribution in [-0.2, 0) is 0 Å². The molecule has 2 nitrogen and oxygen atoms in total. The zero-order valence-electron chi connectivity index (χ0n) is 13.4. The summed E-state index contributed by atoms with van der Waals surface area (Å²) >= 11 is 0. The van der Waals surface area contributed by atoms with Gasteiger partial charge in [0.25, 0.3) is 0 Å². The first-order valence-electron chi connectivity index (χ1n) is 7.49. The lowest BCUT2D eigenvalue weighted by Gasteiger charge is -2.19. The van der Waals surface area contributed by atoms with Crippen LogP contribution >= 0.6 is 0 Å². The summed E-state index contributed by atoms with van der Waals surface area (Å²) < 4.78 is 19.7. The van der Waals surface area contributed by atoms with Crippen molar-refractivity contribution in [3.8, 4) is 5.75 Å². The predicted molar refractivity (Wildman–Crippen MR) is 82.7 cm³/mol. The highest BCUT2D eigenvalue weighted by Gasteiger charge is 2.13. The lowest BCUT2D eigenvalue weighted by molar-refractivity contribution is 0.242. The van der Waals surface area contributed by atoms with Crippen molar-refractivity contribution < 1.29 is 9.13 Å². The van der Waals surface area contributed by atoms with Gasteiger partial charge in [0, 0.05) is 17.7 Å². The molecule has 0 spiro atoms. The van der Waals surface area contributed by atoms with Crippen LogP contribution in [0.4, 0.5) is 4.39 Å². The average Bonchev–Trinajstić information content (AvgIpc) is 2.34. The van der Waals surface area contributed by atoms with Crippen LogP contribution in [0.1, 0.15) is 59.1 Å². The van der Waals surface area contributed by atoms with Crippen molar-refractivity contribution in [2.45, 2.75) is 53.5 Å². The van der Waals surface area contributed by atoms with E-state index in [1.165, 1.54) is 6.07 Å². The first-order chi connectivity index (χ1) is 9.33. The van der Waals surface area contributed by atoms with E-state index in [4.69, 9.17) is 4.74 Å². The minimum atomic E-state index is -0.200. The Kier molecular flexibility index (Phi) is 6.47. The highest BCUT2D eigenvalue weighted by atomic mass is 19.1. The van der Waals surface area contributed by atoms with Gasteiger partial charge in [0.05, 0.1) is 6.61 Å². The Morgan fingerprint density at radius 1 is 1.30 bits per heavy atom. The molecule has 1 atom stereocenters. The standard InChI is InChI=1S/C17H28FNO/c1-6-10-19-13(2)15-8-7-14(12-16(15)18)20-11-9-17(3,4)5/h7-8,12-13,19H,6,9-11H2,1-5H3. The fourth-order valence-corrected chi connectivity index (χ4v) is 1.89. The van der Waals surface area contributed by atoms with Crippen LogP contribution in [0.3, 0.4) is 0 Å². The van der Waals surface area contributed by atoms with Gasteiger partial charge in [-0.2, -0.15) is 0 Å². The average molecular weight is 281 g/mol. The molecule has 0 fully saturated rings. The van der Waals surface area contributed by atoms with Crippen LogP contribution in [0.5, 0.6) is 5.75 Å². The maximum Gasteiger partial charge on any atom is 0.131 e. The molecule has 0 bridgehead atoms. The van der Waals surface area contributed by atoms with Crippen molar-refractivity contribution in [2.24, 2.45) is 5.41 Å². The zero-order valence-corrected chi connectivity index (χ0v) is 13.4. The van der Waals surface area contributed by atoms with Crippen molar-refractivity contribution in [1.29, 1.82) is 0 Å². The van der Waals surface area contributed by atoms with Gasteiger partial charge in [0.15, 0.2) is 0 Å². The molecular formula is C17H28FNO. The largest absolute Gasteiger partial charge is 0.493 e. The van der Waals surface area contributed by atoms with Crippen molar-refractivity contribution in [1.82, 2.24) is 5.32 Å². The molecule has 114 valence electrons. The summed E-state index contributed by atoms with van der Waals surface area (Å²) in [5.41, 5.74) is 0.929. The normalized spacial score (nSPS) is 13.3. The first-order valence-corrected chi connectivity index (χ1v) is 7.49. The molecule has 3 heteroatoms. The molecule has 0 aromatic heterocycles. The SMILES string of the molecule is CCCNC(C)c1ccc(OCCC(C)(C)C)cc1F. The van der Waals surface area contributed by atoms with E-state index < -0.39 is 0 Å². The number of halogens is 1. The highest BCUT2D eigenvalue weighted by Crippen LogP contribution is 2.23. The lowest BCUT2D eigenvalue weighted by Crippen LogP contribution is -2.20. The van der Waals surface area contributed by atoms with E-state index in [0.29, 0.717) is 17.9 Å². The Morgan fingerprint density at radius 3 is 2.55 bits per heavy atom. The molecular weight excluding hydrogens is 253 g/mol. The third-order valence-corrected chi connectivity index (χ3v) is 3.26. The van der Waals surface area contributed by atoms with Crippen LogP contribution in [0, 0.1) is 11.2 Å². The fraction of sp³-hybridized carbons (Fsp3) is 0.647. The lowest BCUT2D eigenvalue weighted by atomic mass is 9.93. The molecule has 0 heterocycles. The topological polar surface area (TPSA) is 21.3 Å². The van der Waals surface area contributed by atoms with Gasteiger partial charge < -0.3 is 10.1 Å². The molecule has 0 amide bonds. The summed E-state index contributed by atoms with van der Waals surface area (Å²) in [7, 11) is 0. The van der Waals surface area contributed by atoms with E-state index in [9.17, 15) is 4.39 Å². The van der Waals surface area contributed by atoms with E-state index >= 15 is 0 Å². The van der Waals surface area contributed by atoms with E-state index in [0.717, 1.165) is 19.4 Å². The van der Waals surface area contributed by atoms with Gasteiger partial charge >= 0.3 is 0 Å². The van der Waals surface area contributed by atoms with Crippen LogP contribution in [0.25, 0.3) is 0 Å². The second-order valence-corrected chi connectivity index (χ2v) is 6.52. The van der Waals surface area contributed by atoms with Crippen molar-refractivity contribution in [2.75, 3.05) is 13.2 Å². The number of ether oxygens (including phenoxy) is 1. The minimum absolute atomic E-state index is 0.0265. The van der Waals surface area contributed by atoms with Crippen molar-refractivity contribution in [3.05, 3.63) is 29.6 Å². The molecule has 1 N–H and O–H groups in total. The smallest absolute Gasteiger partial charge is 0.131 e. The van der Waals surface area contributed by atoms with E-state index in [1.807, 2.05) is 19.1 Å². The highest BCUT2D eigenvalue weighted by molar-refractivity contribution is 5.30. The first kappa shape index (κ1) is 17.0. The monoisotopic (exact) mass is 281 g/mol. The van der Waals surface area contributed by atoms with Crippen molar-refractivity contribution >= 4 is 0 Å². The number of nitrogens with one attached hydrogen (secondary N) is 1. The third-order valence-electron chi connectivity index (χ3n) is 3.26. The maximum atomic E-state index is 14.1. The number of hydrogen-bond donors (Lipinski definition) is 1. The molecule has 1 aromatic carbocycles. The van der Waals surface area contributed by atoms with Crippen LogP contribution in [0.2, 0.25) is 0 Å². The molecule has 0 aliphatic carbocycles. The summed E-state index contributed by atoms with van der Waals surface area (Å²) in [6.45, 7) is 12.1. The van der Waals surface area contributed by atoms with Gasteiger partial charge in [-0.1, -0.05) is 33.8 Å². The summed E-state index contributed by atoms with van der Waals surface area (Å²) in [4.78, 5) is 0. The Labute approximate surface area is 122 Å². The number of benzene rings is 1. The fourth-order valence-electron chi connectivity index (χ4n) is 1.89. The molecule has 0 saturated carbocycles. The Hall–Kier alpha value is -1.09. The second-order valence-electron chi connectivity index (χ2n) is 6.52. The van der Waals surface area contributed by atoms with E-state index in [2.05, 4.69) is 33.0 Å². The molecule has 1 unspecified atom stereocenters. The van der Waals surface area contributed by atoms with Gasteiger partial charge in [0.2, 0.25) is 0 Å². The van der Waals surface area contributed by atoms with Gasteiger partial charge in [-0.3, -0.25) is 0 Å². The molecule has 0 radical (unpaired) electrons. The quantitative estimate of drug-likeness (QED) is 0.782. The Morgan fingerprint density at radius 2 is 2.00 bits per heavy atom. The number of hydrogen-bond acceptors (Lipinski definition) is 2. The van der Waals surface area contributed by atoms with Gasteiger partial charge in [-0.25, -0.2) is 4.39 Å².